The molecule has 0 atom stereocenters. The van der Waals surface area contributed by atoms with Crippen molar-refractivity contribution < 1.29 is 13.6 Å². The second-order valence-corrected chi connectivity index (χ2v) is 6.04. The first-order valence-electron chi connectivity index (χ1n) is 7.20. The molecule has 0 aliphatic carbocycles. The highest BCUT2D eigenvalue weighted by Gasteiger charge is 2.23. The molecule has 5 nitrogen and oxygen atoms in total. The quantitative estimate of drug-likeness (QED) is 0.766. The molecule has 1 N–H and O–H groups in total. The summed E-state index contributed by atoms with van der Waals surface area (Å²) in [6, 6.07) is 5.31. The number of hydrogen-bond acceptors (Lipinski definition) is 3. The van der Waals surface area contributed by atoms with Gasteiger partial charge in [0.05, 0.1) is 17.1 Å². The maximum atomic E-state index is 12.9. The van der Waals surface area contributed by atoms with E-state index in [0.29, 0.717) is 27.5 Å². The number of halogens is 3. The normalized spacial score (nSPS) is 13.6. The zero-order chi connectivity index (χ0) is 17.0. The predicted octanol–water partition coefficient (Wildman–Crippen LogP) is 3.79. The molecule has 122 valence electrons. The zero-order valence-electron chi connectivity index (χ0n) is 12.5. The van der Waals surface area contributed by atoms with Gasteiger partial charge in [-0.2, -0.15) is 0 Å². The summed E-state index contributed by atoms with van der Waals surface area (Å²) in [7, 11) is 0. The van der Waals surface area contributed by atoms with Gasteiger partial charge in [-0.3, -0.25) is 4.79 Å². The summed E-state index contributed by atoms with van der Waals surface area (Å²) in [5.41, 5.74) is 3.94. The van der Waals surface area contributed by atoms with Crippen LogP contribution in [0.1, 0.15) is 23.4 Å². The monoisotopic (exact) mass is 348 g/mol. The van der Waals surface area contributed by atoms with Crippen LogP contribution in [0, 0.1) is 6.92 Å². The number of nitrogens with zero attached hydrogens (tertiary/aromatic N) is 3. The molecule has 0 saturated carbocycles. The third-order valence-corrected chi connectivity index (χ3v) is 4.30. The van der Waals surface area contributed by atoms with Gasteiger partial charge in [-0.05, 0) is 41.8 Å². The lowest BCUT2D eigenvalue weighted by molar-refractivity contribution is -0.115. The summed E-state index contributed by atoms with van der Waals surface area (Å²) < 4.78 is 27.2. The highest BCUT2D eigenvalue weighted by molar-refractivity contribution is 6.34. The Balaban J connectivity index is 1.97. The number of alkyl halides is 2. The van der Waals surface area contributed by atoms with E-state index in [1.165, 1.54) is 4.52 Å². The van der Waals surface area contributed by atoms with E-state index in [2.05, 4.69) is 15.4 Å². The molecule has 1 aromatic carbocycles. The lowest BCUT2D eigenvalue weighted by atomic mass is 9.99. The molecule has 0 saturated heterocycles. The predicted molar refractivity (Wildman–Crippen MR) is 85.5 cm³/mol. The minimum Gasteiger partial charge on any atom is -0.324 e. The number of nitrogens with one attached hydrogen (secondary N) is 1. The molecule has 0 radical (unpaired) electrons. The standard InChI is InChI=1S/C16H11ClF2N4O/c1-7-2-3-23-16(21-15(22-23)14(18)19)12(7)8-4-9-6-11(24)20-13(9)10(17)5-8/h2-5,14H,6H2,1H3,(H,20,24). The molecule has 0 unspecified atom stereocenters. The van der Waals surface area contributed by atoms with Gasteiger partial charge in [-0.1, -0.05) is 11.6 Å². The Morgan fingerprint density at radius 1 is 1.38 bits per heavy atom. The van der Waals surface area contributed by atoms with E-state index < -0.39 is 12.2 Å². The van der Waals surface area contributed by atoms with E-state index in [1.54, 1.807) is 18.3 Å². The Morgan fingerprint density at radius 2 is 2.17 bits per heavy atom. The van der Waals surface area contributed by atoms with E-state index in [-0.39, 0.29) is 12.3 Å². The molecule has 3 aromatic rings. The van der Waals surface area contributed by atoms with E-state index in [9.17, 15) is 13.6 Å². The molecule has 1 aliphatic rings. The Kier molecular flexibility index (Phi) is 3.28. The van der Waals surface area contributed by atoms with Gasteiger partial charge in [0.25, 0.3) is 6.43 Å². The average molecular weight is 349 g/mol. The molecule has 8 heteroatoms. The van der Waals surface area contributed by atoms with E-state index in [4.69, 9.17) is 11.6 Å². The first-order valence-corrected chi connectivity index (χ1v) is 7.58. The number of hydrogen-bond donors (Lipinski definition) is 1. The second kappa shape index (κ2) is 5.24. The van der Waals surface area contributed by atoms with Crippen molar-refractivity contribution in [3.63, 3.8) is 0 Å². The summed E-state index contributed by atoms with van der Waals surface area (Å²) in [6.45, 7) is 1.86. The largest absolute Gasteiger partial charge is 0.324 e. The summed E-state index contributed by atoms with van der Waals surface area (Å²) in [6.07, 6.45) is -0.920. The van der Waals surface area contributed by atoms with Crippen LogP contribution in [0.3, 0.4) is 0 Å². The fraction of sp³-hybridized carbons (Fsp3) is 0.188. The number of carbonyl (C=O) groups excluding carboxylic acids is 1. The van der Waals surface area contributed by atoms with Crippen molar-refractivity contribution in [2.24, 2.45) is 0 Å². The summed E-state index contributed by atoms with van der Waals surface area (Å²) in [5, 5.41) is 6.92. The Labute approximate surface area is 140 Å². The molecular formula is C16H11ClF2N4O. The lowest BCUT2D eigenvalue weighted by Crippen LogP contribution is -2.03. The number of anilines is 1. The van der Waals surface area contributed by atoms with Crippen molar-refractivity contribution in [3.05, 3.63) is 46.4 Å². The van der Waals surface area contributed by atoms with E-state index in [1.807, 2.05) is 13.0 Å². The van der Waals surface area contributed by atoms with Gasteiger partial charge in [-0.25, -0.2) is 18.3 Å². The van der Waals surface area contributed by atoms with Gasteiger partial charge < -0.3 is 5.32 Å². The van der Waals surface area contributed by atoms with Crippen LogP contribution in [0.5, 0.6) is 0 Å². The van der Waals surface area contributed by atoms with Crippen LogP contribution in [0.4, 0.5) is 14.5 Å². The molecule has 24 heavy (non-hydrogen) atoms. The van der Waals surface area contributed by atoms with Crippen LogP contribution in [-0.2, 0) is 11.2 Å². The first-order chi connectivity index (χ1) is 11.4. The minimum absolute atomic E-state index is 0.124. The van der Waals surface area contributed by atoms with E-state index >= 15 is 0 Å². The zero-order valence-corrected chi connectivity index (χ0v) is 13.2. The number of benzene rings is 1. The molecule has 2 aromatic heterocycles. The van der Waals surface area contributed by atoms with E-state index in [0.717, 1.165) is 11.1 Å². The van der Waals surface area contributed by atoms with Crippen LogP contribution in [0.15, 0.2) is 24.4 Å². The highest BCUT2D eigenvalue weighted by atomic mass is 35.5. The van der Waals surface area contributed by atoms with Crippen LogP contribution in [0.25, 0.3) is 16.8 Å². The van der Waals surface area contributed by atoms with Gasteiger partial charge in [0.2, 0.25) is 11.7 Å². The maximum Gasteiger partial charge on any atom is 0.299 e. The maximum absolute atomic E-state index is 12.9. The van der Waals surface area contributed by atoms with Crippen molar-refractivity contribution in [1.29, 1.82) is 0 Å². The van der Waals surface area contributed by atoms with Gasteiger partial charge in [-0.15, -0.1) is 5.10 Å². The first kappa shape index (κ1) is 15.0. The molecular weight excluding hydrogens is 338 g/mol. The number of amides is 1. The SMILES string of the molecule is Cc1ccn2nc(C(F)F)nc2c1-c1cc(Cl)c2c(c1)CC(=O)N2. The number of rotatable bonds is 2. The topological polar surface area (TPSA) is 59.3 Å². The summed E-state index contributed by atoms with van der Waals surface area (Å²) >= 11 is 6.27. The average Bonchev–Trinajstić information content (AvgIpc) is 3.10. The second-order valence-electron chi connectivity index (χ2n) is 5.63. The molecule has 0 spiro atoms. The lowest BCUT2D eigenvalue weighted by Gasteiger charge is -2.10. The van der Waals surface area contributed by atoms with Crippen molar-refractivity contribution in [1.82, 2.24) is 14.6 Å². The van der Waals surface area contributed by atoms with Crippen LogP contribution in [-0.4, -0.2) is 20.5 Å². The minimum atomic E-state index is -2.75. The van der Waals surface area contributed by atoms with Crippen LogP contribution < -0.4 is 5.32 Å². The van der Waals surface area contributed by atoms with Gasteiger partial charge in [0.15, 0.2) is 5.65 Å². The molecule has 3 heterocycles. The number of pyridine rings is 1. The molecule has 4 rings (SSSR count). The fourth-order valence-electron chi connectivity index (χ4n) is 2.95. The van der Waals surface area contributed by atoms with Crippen LogP contribution in [0.2, 0.25) is 5.02 Å². The Bertz CT molecular complexity index is 999. The van der Waals surface area contributed by atoms with Crippen molar-refractivity contribution in [3.8, 4) is 11.1 Å². The van der Waals surface area contributed by atoms with Crippen molar-refractivity contribution in [2.45, 2.75) is 19.8 Å². The van der Waals surface area contributed by atoms with Gasteiger partial charge in [0, 0.05) is 11.8 Å². The number of aromatic nitrogens is 3. The summed E-state index contributed by atoms with van der Waals surface area (Å²) in [5.74, 6) is -0.646. The number of carbonyl (C=O) groups is 1. The van der Waals surface area contributed by atoms with Crippen molar-refractivity contribution >= 4 is 28.8 Å². The molecule has 1 aliphatic heterocycles. The van der Waals surface area contributed by atoms with Gasteiger partial charge in [0.1, 0.15) is 0 Å². The summed E-state index contributed by atoms with van der Waals surface area (Å²) in [4.78, 5) is 15.5. The third-order valence-electron chi connectivity index (χ3n) is 4.00. The smallest absolute Gasteiger partial charge is 0.299 e. The Morgan fingerprint density at radius 3 is 2.92 bits per heavy atom. The molecule has 0 bridgehead atoms. The van der Waals surface area contributed by atoms with Crippen LogP contribution >= 0.6 is 11.6 Å². The van der Waals surface area contributed by atoms with Crippen molar-refractivity contribution in [2.75, 3.05) is 5.32 Å². The third kappa shape index (κ3) is 2.24. The molecule has 1 amide bonds. The fourth-order valence-corrected chi connectivity index (χ4v) is 3.24. The molecule has 0 fully saturated rings. The number of aryl methyl sites for hydroxylation is 1. The highest BCUT2D eigenvalue weighted by Crippen LogP contribution is 2.38. The van der Waals surface area contributed by atoms with Gasteiger partial charge >= 0.3 is 0 Å². The number of fused-ring (bicyclic) bond motifs is 2. The Hall–Kier alpha value is -2.54.